The molecular formula is C18H17N3O4. The van der Waals surface area contributed by atoms with Crippen molar-refractivity contribution in [1.82, 2.24) is 14.9 Å². The molecule has 25 heavy (non-hydrogen) atoms. The predicted octanol–water partition coefficient (Wildman–Crippen LogP) is 2.00. The van der Waals surface area contributed by atoms with Crippen molar-refractivity contribution in [2.24, 2.45) is 0 Å². The van der Waals surface area contributed by atoms with E-state index in [0.29, 0.717) is 36.7 Å². The molecule has 1 aromatic carbocycles. The number of hydrogen-bond acceptors (Lipinski definition) is 6. The zero-order valence-electron chi connectivity index (χ0n) is 13.4. The summed E-state index contributed by atoms with van der Waals surface area (Å²) in [6, 6.07) is 8.27. The van der Waals surface area contributed by atoms with Crippen LogP contribution in [-0.4, -0.2) is 31.6 Å². The monoisotopic (exact) mass is 339 g/mol. The molecule has 3 heterocycles. The Hall–Kier alpha value is -3.06. The van der Waals surface area contributed by atoms with E-state index in [0.717, 1.165) is 17.8 Å². The fourth-order valence-electron chi connectivity index (χ4n) is 3.07. The SMILES string of the molecule is O=c1[nH]c(-c2ccco2)nc2c1CN(Cc1ccc(O)c(O)c1)CC2. The third-order valence-electron chi connectivity index (χ3n) is 4.35. The number of aromatic amines is 1. The highest BCUT2D eigenvalue weighted by Crippen LogP contribution is 2.26. The zero-order chi connectivity index (χ0) is 17.4. The van der Waals surface area contributed by atoms with Gasteiger partial charge in [0, 0.05) is 26.1 Å². The highest BCUT2D eigenvalue weighted by molar-refractivity contribution is 5.47. The molecule has 0 aliphatic carbocycles. The molecule has 4 rings (SSSR count). The molecule has 0 saturated carbocycles. The molecule has 3 N–H and O–H groups in total. The molecule has 0 unspecified atom stereocenters. The van der Waals surface area contributed by atoms with E-state index in [1.807, 2.05) is 0 Å². The number of nitrogens with one attached hydrogen (secondary N) is 1. The second-order valence-corrected chi connectivity index (χ2v) is 6.10. The van der Waals surface area contributed by atoms with Crippen molar-refractivity contribution in [2.45, 2.75) is 19.5 Å². The van der Waals surface area contributed by atoms with Gasteiger partial charge in [-0.15, -0.1) is 0 Å². The molecule has 1 aliphatic heterocycles. The molecule has 0 radical (unpaired) electrons. The number of H-pyrrole nitrogens is 1. The third-order valence-corrected chi connectivity index (χ3v) is 4.35. The first kappa shape index (κ1) is 15.5. The van der Waals surface area contributed by atoms with Crippen LogP contribution in [0.25, 0.3) is 11.6 Å². The second-order valence-electron chi connectivity index (χ2n) is 6.10. The first-order valence-corrected chi connectivity index (χ1v) is 7.99. The Morgan fingerprint density at radius 1 is 1.24 bits per heavy atom. The number of nitrogens with zero attached hydrogens (tertiary/aromatic N) is 2. The van der Waals surface area contributed by atoms with E-state index in [-0.39, 0.29) is 17.1 Å². The Bertz CT molecular complexity index is 963. The molecule has 1 aliphatic rings. The van der Waals surface area contributed by atoms with Crippen LogP contribution in [0.2, 0.25) is 0 Å². The summed E-state index contributed by atoms with van der Waals surface area (Å²) in [5.41, 5.74) is 2.16. The summed E-state index contributed by atoms with van der Waals surface area (Å²) < 4.78 is 5.30. The molecule has 128 valence electrons. The molecule has 2 aromatic heterocycles. The second kappa shape index (κ2) is 6.10. The molecule has 0 fully saturated rings. The molecule has 0 atom stereocenters. The van der Waals surface area contributed by atoms with Gasteiger partial charge in [-0.05, 0) is 29.8 Å². The maximum Gasteiger partial charge on any atom is 0.256 e. The molecule has 7 nitrogen and oxygen atoms in total. The lowest BCUT2D eigenvalue weighted by molar-refractivity contribution is 0.241. The minimum atomic E-state index is -0.158. The number of benzene rings is 1. The van der Waals surface area contributed by atoms with Crippen LogP contribution < -0.4 is 5.56 Å². The number of rotatable bonds is 3. The van der Waals surface area contributed by atoms with Gasteiger partial charge in [-0.2, -0.15) is 0 Å². The van der Waals surface area contributed by atoms with Crippen LogP contribution in [0, 0.1) is 0 Å². The van der Waals surface area contributed by atoms with Crippen LogP contribution in [0.5, 0.6) is 11.5 Å². The van der Waals surface area contributed by atoms with Crippen molar-refractivity contribution in [3.8, 4) is 23.1 Å². The first-order valence-electron chi connectivity index (χ1n) is 7.99. The third kappa shape index (κ3) is 3.01. The molecule has 0 spiro atoms. The number of phenols is 2. The minimum absolute atomic E-state index is 0.140. The number of aromatic hydroxyl groups is 2. The smallest absolute Gasteiger partial charge is 0.256 e. The average molecular weight is 339 g/mol. The fraction of sp³-hybridized carbons (Fsp3) is 0.222. The van der Waals surface area contributed by atoms with E-state index in [9.17, 15) is 15.0 Å². The van der Waals surface area contributed by atoms with E-state index in [2.05, 4.69) is 14.9 Å². The largest absolute Gasteiger partial charge is 0.504 e. The van der Waals surface area contributed by atoms with Crippen molar-refractivity contribution in [2.75, 3.05) is 6.54 Å². The zero-order valence-corrected chi connectivity index (χ0v) is 13.4. The van der Waals surface area contributed by atoms with Gasteiger partial charge in [-0.25, -0.2) is 4.98 Å². The Morgan fingerprint density at radius 2 is 2.12 bits per heavy atom. The van der Waals surface area contributed by atoms with Crippen molar-refractivity contribution >= 4 is 0 Å². The maximum absolute atomic E-state index is 12.4. The summed E-state index contributed by atoms with van der Waals surface area (Å²) in [5.74, 6) is 0.712. The standard InChI is InChI=1S/C18H17N3O4/c22-14-4-3-11(8-15(14)23)9-21-6-5-13-12(10-21)18(24)20-17(19-13)16-2-1-7-25-16/h1-4,7-8,22-23H,5-6,9-10H2,(H,19,20,24). The van der Waals surface area contributed by atoms with Gasteiger partial charge in [0.15, 0.2) is 23.1 Å². The van der Waals surface area contributed by atoms with Crippen LogP contribution >= 0.6 is 0 Å². The van der Waals surface area contributed by atoms with Crippen molar-refractivity contribution in [3.05, 3.63) is 63.8 Å². The van der Waals surface area contributed by atoms with E-state index >= 15 is 0 Å². The summed E-state index contributed by atoms with van der Waals surface area (Å²) in [7, 11) is 0. The predicted molar refractivity (Wildman–Crippen MR) is 90.1 cm³/mol. The number of aromatic nitrogens is 2. The Balaban J connectivity index is 1.57. The van der Waals surface area contributed by atoms with Crippen LogP contribution in [0.4, 0.5) is 0 Å². The van der Waals surface area contributed by atoms with Crippen LogP contribution in [0.15, 0.2) is 45.8 Å². The Labute approximate surface area is 143 Å². The number of phenolic OH excluding ortho intramolecular Hbond substituents is 2. The number of hydrogen-bond donors (Lipinski definition) is 3. The summed E-state index contributed by atoms with van der Waals surface area (Å²) in [6.45, 7) is 1.81. The Kier molecular flexibility index (Phi) is 3.77. The quantitative estimate of drug-likeness (QED) is 0.631. The van der Waals surface area contributed by atoms with Gasteiger partial charge in [0.25, 0.3) is 5.56 Å². The molecule has 7 heteroatoms. The maximum atomic E-state index is 12.4. The lowest BCUT2D eigenvalue weighted by atomic mass is 10.1. The van der Waals surface area contributed by atoms with Gasteiger partial charge in [0.2, 0.25) is 0 Å². The van der Waals surface area contributed by atoms with Crippen LogP contribution in [-0.2, 0) is 19.5 Å². The molecule has 0 saturated heterocycles. The molecule has 3 aromatic rings. The normalized spacial score (nSPS) is 14.4. The lowest BCUT2D eigenvalue weighted by Gasteiger charge is -2.27. The Morgan fingerprint density at radius 3 is 2.88 bits per heavy atom. The fourth-order valence-corrected chi connectivity index (χ4v) is 3.07. The summed E-state index contributed by atoms with van der Waals surface area (Å²) in [5, 5.41) is 19.0. The van der Waals surface area contributed by atoms with Gasteiger partial charge in [-0.3, -0.25) is 9.69 Å². The lowest BCUT2D eigenvalue weighted by Crippen LogP contribution is -2.35. The van der Waals surface area contributed by atoms with Gasteiger partial charge in [0.1, 0.15) is 0 Å². The highest BCUT2D eigenvalue weighted by Gasteiger charge is 2.22. The summed E-state index contributed by atoms with van der Waals surface area (Å²) in [4.78, 5) is 21.9. The first-order chi connectivity index (χ1) is 12.1. The van der Waals surface area contributed by atoms with Crippen LogP contribution in [0.3, 0.4) is 0 Å². The van der Waals surface area contributed by atoms with E-state index < -0.39 is 0 Å². The van der Waals surface area contributed by atoms with E-state index in [4.69, 9.17) is 4.42 Å². The number of furan rings is 1. The van der Waals surface area contributed by atoms with Crippen molar-refractivity contribution < 1.29 is 14.6 Å². The van der Waals surface area contributed by atoms with Gasteiger partial charge >= 0.3 is 0 Å². The number of fused-ring (bicyclic) bond motifs is 1. The van der Waals surface area contributed by atoms with E-state index in [1.54, 1.807) is 24.5 Å². The van der Waals surface area contributed by atoms with Crippen molar-refractivity contribution in [3.63, 3.8) is 0 Å². The summed E-state index contributed by atoms with van der Waals surface area (Å²) in [6.07, 6.45) is 2.21. The van der Waals surface area contributed by atoms with Gasteiger partial charge < -0.3 is 19.6 Å². The van der Waals surface area contributed by atoms with Gasteiger partial charge in [0.05, 0.1) is 17.5 Å². The molecular weight excluding hydrogens is 322 g/mol. The van der Waals surface area contributed by atoms with Gasteiger partial charge in [-0.1, -0.05) is 6.07 Å². The topological polar surface area (TPSA) is 103 Å². The average Bonchev–Trinajstić information content (AvgIpc) is 3.13. The van der Waals surface area contributed by atoms with Crippen LogP contribution in [0.1, 0.15) is 16.8 Å². The summed E-state index contributed by atoms with van der Waals surface area (Å²) >= 11 is 0. The highest BCUT2D eigenvalue weighted by atomic mass is 16.3. The van der Waals surface area contributed by atoms with E-state index in [1.165, 1.54) is 12.1 Å². The molecule has 0 amide bonds. The van der Waals surface area contributed by atoms with Crippen molar-refractivity contribution in [1.29, 1.82) is 0 Å². The molecule has 0 bridgehead atoms. The minimum Gasteiger partial charge on any atom is -0.504 e.